The molecule has 19 heavy (non-hydrogen) atoms. The number of aryl methyl sites for hydroxylation is 1. The molecule has 0 radical (unpaired) electrons. The van der Waals surface area contributed by atoms with Gasteiger partial charge in [0.1, 0.15) is 5.82 Å². The molecule has 0 aliphatic heterocycles. The van der Waals surface area contributed by atoms with E-state index in [0.717, 1.165) is 12.1 Å². The molecule has 1 aromatic carbocycles. The van der Waals surface area contributed by atoms with Crippen LogP contribution in [-0.4, -0.2) is 11.1 Å². The van der Waals surface area contributed by atoms with Crippen LogP contribution in [0.3, 0.4) is 0 Å². The first-order valence-electron chi connectivity index (χ1n) is 5.82. The summed E-state index contributed by atoms with van der Waals surface area (Å²) in [5, 5.41) is 16.1. The van der Waals surface area contributed by atoms with E-state index < -0.39 is 11.8 Å². The highest BCUT2D eigenvalue weighted by Crippen LogP contribution is 2.14. The highest BCUT2D eigenvalue weighted by Gasteiger charge is 2.10. The summed E-state index contributed by atoms with van der Waals surface area (Å²) in [5.41, 5.74) is 2.91. The van der Waals surface area contributed by atoms with Crippen molar-refractivity contribution < 1.29 is 14.3 Å². The van der Waals surface area contributed by atoms with Gasteiger partial charge in [-0.25, -0.2) is 9.18 Å². The van der Waals surface area contributed by atoms with Gasteiger partial charge >= 0.3 is 5.97 Å². The Bertz CT molecular complexity index is 595. The standard InChI is InChI=1S/C14H14FNO2S/c1-9-7-19-8-11(9)6-16-5-10-2-3-12(14(17)18)13(15)4-10/h2-4,7-8,16H,5-6H2,1H3,(H,17,18). The molecule has 0 bridgehead atoms. The van der Waals surface area contributed by atoms with Crippen LogP contribution in [0.15, 0.2) is 29.0 Å². The van der Waals surface area contributed by atoms with Crippen molar-refractivity contribution in [3.05, 3.63) is 57.0 Å². The molecule has 0 amide bonds. The predicted molar refractivity (Wildman–Crippen MR) is 73.0 cm³/mol. The van der Waals surface area contributed by atoms with Crippen molar-refractivity contribution in [1.82, 2.24) is 5.32 Å². The number of carbonyl (C=O) groups is 1. The fourth-order valence-corrected chi connectivity index (χ4v) is 2.61. The van der Waals surface area contributed by atoms with Crippen molar-refractivity contribution in [2.45, 2.75) is 20.0 Å². The first-order valence-corrected chi connectivity index (χ1v) is 6.76. The molecule has 2 aromatic rings. The molecular weight excluding hydrogens is 265 g/mol. The molecule has 5 heteroatoms. The zero-order chi connectivity index (χ0) is 13.8. The number of rotatable bonds is 5. The maximum atomic E-state index is 13.5. The molecule has 1 aromatic heterocycles. The Morgan fingerprint density at radius 1 is 1.37 bits per heavy atom. The molecule has 1 heterocycles. The summed E-state index contributed by atoms with van der Waals surface area (Å²) in [6.07, 6.45) is 0. The Labute approximate surface area is 114 Å². The number of benzene rings is 1. The van der Waals surface area contributed by atoms with Gasteiger partial charge in [-0.15, -0.1) is 0 Å². The quantitative estimate of drug-likeness (QED) is 0.883. The minimum Gasteiger partial charge on any atom is -0.478 e. The second-order valence-electron chi connectivity index (χ2n) is 4.30. The van der Waals surface area contributed by atoms with Crippen LogP contribution < -0.4 is 5.32 Å². The van der Waals surface area contributed by atoms with Crippen LogP contribution in [0.1, 0.15) is 27.0 Å². The number of hydrogen-bond donors (Lipinski definition) is 2. The van der Waals surface area contributed by atoms with Gasteiger partial charge in [0.05, 0.1) is 5.56 Å². The van der Waals surface area contributed by atoms with Gasteiger partial charge in [0.2, 0.25) is 0 Å². The summed E-state index contributed by atoms with van der Waals surface area (Å²) >= 11 is 1.65. The van der Waals surface area contributed by atoms with E-state index in [1.165, 1.54) is 23.3 Å². The van der Waals surface area contributed by atoms with Crippen molar-refractivity contribution >= 4 is 17.3 Å². The zero-order valence-electron chi connectivity index (χ0n) is 10.4. The van der Waals surface area contributed by atoms with Gasteiger partial charge in [0.25, 0.3) is 0 Å². The Kier molecular flexibility index (Phi) is 4.29. The van der Waals surface area contributed by atoms with Gasteiger partial charge in [-0.05, 0) is 46.5 Å². The van der Waals surface area contributed by atoms with Gasteiger partial charge in [0.15, 0.2) is 0 Å². The van der Waals surface area contributed by atoms with Crippen LogP contribution in [-0.2, 0) is 13.1 Å². The monoisotopic (exact) mass is 279 g/mol. The van der Waals surface area contributed by atoms with Crippen LogP contribution in [0.4, 0.5) is 4.39 Å². The van der Waals surface area contributed by atoms with Gasteiger partial charge in [0, 0.05) is 13.1 Å². The Morgan fingerprint density at radius 3 is 2.74 bits per heavy atom. The summed E-state index contributed by atoms with van der Waals surface area (Å²) in [5.74, 6) is -1.94. The normalized spacial score (nSPS) is 10.6. The third-order valence-corrected chi connectivity index (χ3v) is 3.78. The Morgan fingerprint density at radius 2 is 2.16 bits per heavy atom. The van der Waals surface area contributed by atoms with Crippen LogP contribution in [0.5, 0.6) is 0 Å². The van der Waals surface area contributed by atoms with Gasteiger partial charge in [-0.1, -0.05) is 6.07 Å². The highest BCUT2D eigenvalue weighted by molar-refractivity contribution is 7.08. The number of thiophene rings is 1. The van der Waals surface area contributed by atoms with Crippen LogP contribution in [0.2, 0.25) is 0 Å². The van der Waals surface area contributed by atoms with E-state index in [1.54, 1.807) is 17.4 Å². The minimum atomic E-state index is -1.24. The lowest BCUT2D eigenvalue weighted by atomic mass is 10.1. The number of carboxylic acids is 1. The number of hydrogen-bond acceptors (Lipinski definition) is 3. The largest absolute Gasteiger partial charge is 0.478 e. The predicted octanol–water partition coefficient (Wildman–Crippen LogP) is 3.18. The van der Waals surface area contributed by atoms with Crippen LogP contribution in [0, 0.1) is 12.7 Å². The van der Waals surface area contributed by atoms with Crippen molar-refractivity contribution in [3.8, 4) is 0 Å². The number of aromatic carboxylic acids is 1. The smallest absolute Gasteiger partial charge is 0.338 e. The topological polar surface area (TPSA) is 49.3 Å². The maximum absolute atomic E-state index is 13.5. The van der Waals surface area contributed by atoms with Crippen molar-refractivity contribution in [2.75, 3.05) is 0 Å². The molecule has 100 valence electrons. The van der Waals surface area contributed by atoms with Crippen LogP contribution >= 0.6 is 11.3 Å². The summed E-state index contributed by atoms with van der Waals surface area (Å²) < 4.78 is 13.5. The lowest BCUT2D eigenvalue weighted by Gasteiger charge is -2.06. The van der Waals surface area contributed by atoms with E-state index in [1.807, 2.05) is 0 Å². The minimum absolute atomic E-state index is 0.294. The van der Waals surface area contributed by atoms with Crippen molar-refractivity contribution in [3.63, 3.8) is 0 Å². The fourth-order valence-electron chi connectivity index (χ4n) is 1.75. The summed E-state index contributed by atoms with van der Waals surface area (Å²) in [6, 6.07) is 4.18. The van der Waals surface area contributed by atoms with E-state index in [-0.39, 0.29) is 5.56 Å². The summed E-state index contributed by atoms with van der Waals surface area (Å²) in [7, 11) is 0. The molecule has 0 saturated carbocycles. The third kappa shape index (κ3) is 3.39. The Balaban J connectivity index is 1.95. The molecule has 0 aliphatic carbocycles. The van der Waals surface area contributed by atoms with Gasteiger partial charge in [-0.2, -0.15) is 11.3 Å². The molecule has 0 atom stereocenters. The maximum Gasteiger partial charge on any atom is 0.338 e. The van der Waals surface area contributed by atoms with Crippen molar-refractivity contribution in [2.24, 2.45) is 0 Å². The van der Waals surface area contributed by atoms with E-state index >= 15 is 0 Å². The lowest BCUT2D eigenvalue weighted by molar-refractivity contribution is 0.0692. The van der Waals surface area contributed by atoms with Crippen LogP contribution in [0.25, 0.3) is 0 Å². The highest BCUT2D eigenvalue weighted by atomic mass is 32.1. The average Bonchev–Trinajstić information content (AvgIpc) is 2.75. The fraction of sp³-hybridized carbons (Fsp3) is 0.214. The average molecular weight is 279 g/mol. The zero-order valence-corrected chi connectivity index (χ0v) is 11.3. The second kappa shape index (κ2) is 5.95. The molecule has 0 aliphatic rings. The summed E-state index contributed by atoms with van der Waals surface area (Å²) in [6.45, 7) is 3.28. The summed E-state index contributed by atoms with van der Waals surface area (Å²) in [4.78, 5) is 10.7. The van der Waals surface area contributed by atoms with E-state index in [4.69, 9.17) is 5.11 Å². The third-order valence-electron chi connectivity index (χ3n) is 2.87. The number of halogens is 1. The van der Waals surface area contributed by atoms with E-state index in [9.17, 15) is 9.18 Å². The first kappa shape index (κ1) is 13.7. The van der Waals surface area contributed by atoms with E-state index in [0.29, 0.717) is 6.54 Å². The number of carboxylic acid groups (broad SMARTS) is 1. The first-order chi connectivity index (χ1) is 9.08. The molecule has 0 unspecified atom stereocenters. The second-order valence-corrected chi connectivity index (χ2v) is 5.05. The number of nitrogens with one attached hydrogen (secondary N) is 1. The molecular formula is C14H14FNO2S. The molecule has 0 fully saturated rings. The molecule has 0 saturated heterocycles. The van der Waals surface area contributed by atoms with Gasteiger partial charge in [-0.3, -0.25) is 0 Å². The molecule has 2 N–H and O–H groups in total. The van der Waals surface area contributed by atoms with Gasteiger partial charge < -0.3 is 10.4 Å². The van der Waals surface area contributed by atoms with E-state index in [2.05, 4.69) is 23.0 Å². The molecule has 3 nitrogen and oxygen atoms in total. The molecule has 0 spiro atoms. The van der Waals surface area contributed by atoms with Crippen molar-refractivity contribution in [1.29, 1.82) is 0 Å². The lowest BCUT2D eigenvalue weighted by Crippen LogP contribution is -2.13. The molecule has 2 rings (SSSR count). The SMILES string of the molecule is Cc1cscc1CNCc1ccc(C(=O)O)c(F)c1. The Hall–Kier alpha value is -1.72.